The first-order valence-electron chi connectivity index (χ1n) is 9.95. The summed E-state index contributed by atoms with van der Waals surface area (Å²) in [7, 11) is 0. The topological polar surface area (TPSA) is 109 Å². The molecule has 0 aliphatic rings. The maximum Gasteiger partial charge on any atom is 0.216 e. The number of guanidine groups is 1. The standard InChI is InChI=1S/C21H23ClN8O.HI/c1-2-23-21(25-14-19-27-20(29-28-19)18-5-3-12-31-18)24-13-17(30-11-4-10-26-30)15-6-8-16(22)9-7-15;/h3-12,17H,2,13-14H2,1H3,(H2,23,24,25)(H,27,28,29);1H. The van der Waals surface area contributed by atoms with Gasteiger partial charge in [0.05, 0.1) is 12.3 Å². The third kappa shape index (κ3) is 6.10. The number of hydrogen-bond acceptors (Lipinski definition) is 5. The Bertz CT molecular complexity index is 1090. The summed E-state index contributed by atoms with van der Waals surface area (Å²) in [6, 6.07) is 13.3. The predicted molar refractivity (Wildman–Crippen MR) is 134 cm³/mol. The van der Waals surface area contributed by atoms with E-state index in [0.717, 1.165) is 12.1 Å². The zero-order valence-electron chi connectivity index (χ0n) is 17.4. The van der Waals surface area contributed by atoms with Crippen molar-refractivity contribution in [3.05, 3.63) is 77.5 Å². The van der Waals surface area contributed by atoms with Crippen LogP contribution < -0.4 is 10.6 Å². The fourth-order valence-corrected chi connectivity index (χ4v) is 3.21. The SMILES string of the molecule is CCNC(=NCc1nc(-c2ccco2)n[nH]1)NCC(c1ccc(Cl)cc1)n1cccn1.I. The van der Waals surface area contributed by atoms with Gasteiger partial charge in [-0.05, 0) is 42.8 Å². The van der Waals surface area contributed by atoms with E-state index >= 15 is 0 Å². The van der Waals surface area contributed by atoms with Gasteiger partial charge >= 0.3 is 0 Å². The lowest BCUT2D eigenvalue weighted by Gasteiger charge is -2.20. The number of nitrogens with zero attached hydrogens (tertiary/aromatic N) is 5. The van der Waals surface area contributed by atoms with Gasteiger partial charge < -0.3 is 15.1 Å². The molecule has 9 nitrogen and oxygen atoms in total. The number of aliphatic imine (C=N–C) groups is 1. The van der Waals surface area contributed by atoms with E-state index in [1.54, 1.807) is 18.5 Å². The summed E-state index contributed by atoms with van der Waals surface area (Å²) in [4.78, 5) is 9.05. The summed E-state index contributed by atoms with van der Waals surface area (Å²) >= 11 is 6.06. The second-order valence-electron chi connectivity index (χ2n) is 6.71. The van der Waals surface area contributed by atoms with Crippen LogP contribution in [0.3, 0.4) is 0 Å². The molecule has 4 aromatic rings. The molecule has 0 saturated carbocycles. The summed E-state index contributed by atoms with van der Waals surface area (Å²) < 4.78 is 7.23. The first-order valence-corrected chi connectivity index (χ1v) is 10.3. The number of halogens is 2. The van der Waals surface area contributed by atoms with Crippen molar-refractivity contribution in [1.82, 2.24) is 35.6 Å². The average molecular weight is 567 g/mol. The van der Waals surface area contributed by atoms with Crippen LogP contribution in [0.15, 0.2) is 70.5 Å². The molecule has 0 fully saturated rings. The van der Waals surface area contributed by atoms with Crippen molar-refractivity contribution in [2.75, 3.05) is 13.1 Å². The summed E-state index contributed by atoms with van der Waals surface area (Å²) in [5.74, 6) is 2.44. The molecular formula is C21H24ClIN8O. The van der Waals surface area contributed by atoms with E-state index in [1.165, 1.54) is 0 Å². The van der Waals surface area contributed by atoms with Crippen molar-refractivity contribution in [1.29, 1.82) is 0 Å². The lowest BCUT2D eigenvalue weighted by molar-refractivity contribution is 0.510. The molecule has 0 radical (unpaired) electrons. The number of H-pyrrole nitrogens is 1. The second-order valence-corrected chi connectivity index (χ2v) is 7.15. The van der Waals surface area contributed by atoms with Gasteiger partial charge in [0.15, 0.2) is 11.7 Å². The normalized spacial score (nSPS) is 12.2. The number of benzene rings is 1. The molecule has 4 rings (SSSR count). The van der Waals surface area contributed by atoms with Gasteiger partial charge in [0.1, 0.15) is 12.4 Å². The van der Waals surface area contributed by atoms with Crippen LogP contribution in [0.5, 0.6) is 0 Å². The Labute approximate surface area is 207 Å². The number of rotatable bonds is 8. The molecule has 0 saturated heterocycles. The fourth-order valence-electron chi connectivity index (χ4n) is 3.09. The molecule has 1 aromatic carbocycles. The third-order valence-corrected chi connectivity index (χ3v) is 4.82. The van der Waals surface area contributed by atoms with E-state index in [9.17, 15) is 0 Å². The molecule has 32 heavy (non-hydrogen) atoms. The van der Waals surface area contributed by atoms with Crippen LogP contribution in [-0.2, 0) is 6.54 Å². The highest BCUT2D eigenvalue weighted by molar-refractivity contribution is 14.0. The minimum Gasteiger partial charge on any atom is -0.461 e. The Morgan fingerprint density at radius 3 is 2.75 bits per heavy atom. The summed E-state index contributed by atoms with van der Waals surface area (Å²) in [5.41, 5.74) is 1.09. The second kappa shape index (κ2) is 11.7. The van der Waals surface area contributed by atoms with Crippen LogP contribution >= 0.6 is 35.6 Å². The molecule has 11 heteroatoms. The van der Waals surface area contributed by atoms with Crippen LogP contribution in [0.25, 0.3) is 11.6 Å². The lowest BCUT2D eigenvalue weighted by atomic mass is 10.1. The van der Waals surface area contributed by atoms with Gasteiger partial charge in [-0.2, -0.15) is 5.10 Å². The van der Waals surface area contributed by atoms with Gasteiger partial charge in [-0.1, -0.05) is 23.7 Å². The van der Waals surface area contributed by atoms with Crippen LogP contribution in [0, 0.1) is 0 Å². The van der Waals surface area contributed by atoms with E-state index < -0.39 is 0 Å². The first kappa shape index (κ1) is 23.8. The highest BCUT2D eigenvalue weighted by atomic mass is 127. The quantitative estimate of drug-likeness (QED) is 0.170. The minimum absolute atomic E-state index is 0. The molecule has 1 unspecified atom stereocenters. The number of aromatic amines is 1. The van der Waals surface area contributed by atoms with Crippen molar-refractivity contribution in [3.8, 4) is 11.6 Å². The summed E-state index contributed by atoms with van der Waals surface area (Å²) in [5, 5.41) is 18.8. The Morgan fingerprint density at radius 1 is 1.22 bits per heavy atom. The number of furan rings is 1. The third-order valence-electron chi connectivity index (χ3n) is 4.57. The van der Waals surface area contributed by atoms with Gasteiger partial charge in [0.2, 0.25) is 5.82 Å². The van der Waals surface area contributed by atoms with Gasteiger partial charge in [-0.3, -0.25) is 9.78 Å². The number of nitrogens with one attached hydrogen (secondary N) is 3. The molecular weight excluding hydrogens is 543 g/mol. The highest BCUT2D eigenvalue weighted by Crippen LogP contribution is 2.19. The van der Waals surface area contributed by atoms with E-state index in [2.05, 4.69) is 35.9 Å². The van der Waals surface area contributed by atoms with Crippen LogP contribution in [0.4, 0.5) is 0 Å². The van der Waals surface area contributed by atoms with Crippen LogP contribution in [0.1, 0.15) is 24.4 Å². The molecule has 3 heterocycles. The Morgan fingerprint density at radius 2 is 2.06 bits per heavy atom. The molecule has 168 valence electrons. The fraction of sp³-hybridized carbons (Fsp3) is 0.238. The first-order chi connectivity index (χ1) is 15.2. The minimum atomic E-state index is -0.0213. The summed E-state index contributed by atoms with van der Waals surface area (Å²) in [6.07, 6.45) is 5.30. The van der Waals surface area contributed by atoms with E-state index in [4.69, 9.17) is 16.0 Å². The number of hydrogen-bond donors (Lipinski definition) is 3. The van der Waals surface area contributed by atoms with Crippen LogP contribution in [0.2, 0.25) is 5.02 Å². The Hall–Kier alpha value is -2.86. The maximum absolute atomic E-state index is 6.06. The van der Waals surface area contributed by atoms with Crippen molar-refractivity contribution < 1.29 is 4.42 Å². The molecule has 3 N–H and O–H groups in total. The molecule has 0 aliphatic heterocycles. The van der Waals surface area contributed by atoms with E-state index in [0.29, 0.717) is 41.5 Å². The van der Waals surface area contributed by atoms with E-state index in [1.807, 2.05) is 54.2 Å². The molecule has 3 aromatic heterocycles. The van der Waals surface area contributed by atoms with Crippen molar-refractivity contribution >= 4 is 41.5 Å². The zero-order chi connectivity index (χ0) is 21.5. The monoisotopic (exact) mass is 566 g/mol. The Balaban J connectivity index is 0.00000289. The molecule has 0 aliphatic carbocycles. The lowest BCUT2D eigenvalue weighted by Crippen LogP contribution is -2.40. The van der Waals surface area contributed by atoms with Gasteiger partial charge in [0, 0.05) is 30.5 Å². The largest absolute Gasteiger partial charge is 0.461 e. The molecule has 0 amide bonds. The van der Waals surface area contributed by atoms with Gasteiger partial charge in [0.25, 0.3) is 0 Å². The van der Waals surface area contributed by atoms with E-state index in [-0.39, 0.29) is 30.0 Å². The smallest absolute Gasteiger partial charge is 0.216 e. The molecule has 0 spiro atoms. The maximum atomic E-state index is 6.06. The van der Waals surface area contributed by atoms with Crippen LogP contribution in [-0.4, -0.2) is 44.0 Å². The van der Waals surface area contributed by atoms with Gasteiger partial charge in [-0.25, -0.2) is 9.98 Å². The van der Waals surface area contributed by atoms with Crippen molar-refractivity contribution in [2.45, 2.75) is 19.5 Å². The van der Waals surface area contributed by atoms with Crippen molar-refractivity contribution in [3.63, 3.8) is 0 Å². The van der Waals surface area contributed by atoms with Gasteiger partial charge in [-0.15, -0.1) is 29.1 Å². The van der Waals surface area contributed by atoms with Crippen molar-refractivity contribution in [2.24, 2.45) is 4.99 Å². The molecule has 1 atom stereocenters. The predicted octanol–water partition coefficient (Wildman–Crippen LogP) is 3.88. The average Bonchev–Trinajstić information content (AvgIpc) is 3.56. The molecule has 0 bridgehead atoms. The zero-order valence-corrected chi connectivity index (χ0v) is 20.5. The summed E-state index contributed by atoms with van der Waals surface area (Å²) in [6.45, 7) is 3.68. The highest BCUT2D eigenvalue weighted by Gasteiger charge is 2.15. The number of aromatic nitrogens is 5. The Kier molecular flexibility index (Phi) is 8.68.